The molecule has 0 saturated carbocycles. The first-order valence-corrected chi connectivity index (χ1v) is 8.93. The van der Waals surface area contributed by atoms with Crippen LogP contribution in [0, 0.1) is 0 Å². The lowest BCUT2D eigenvalue weighted by atomic mass is 10.2. The van der Waals surface area contributed by atoms with E-state index in [1.54, 1.807) is 43.4 Å². The van der Waals surface area contributed by atoms with E-state index < -0.39 is 6.61 Å². The fraction of sp³-hybridized carbons (Fsp3) is 0.300. The third-order valence-electron chi connectivity index (χ3n) is 3.89. The standard InChI is InChI=1S/C20H24F2N4O3/c1-23-20(25-11-10-24-18(27)14-6-4-3-5-7-14)26-13-15-12-16(28-2)8-9-17(15)29-19(21)22/h3-9,12,19H,10-11,13H2,1-2H3,(H,24,27)(H2,23,25,26). The topological polar surface area (TPSA) is 84.0 Å². The number of nitrogens with zero attached hydrogens (tertiary/aromatic N) is 1. The number of nitrogens with one attached hydrogen (secondary N) is 3. The number of guanidine groups is 1. The van der Waals surface area contributed by atoms with Gasteiger partial charge in [-0.2, -0.15) is 8.78 Å². The second-order valence-electron chi connectivity index (χ2n) is 5.83. The third kappa shape index (κ3) is 7.28. The SMILES string of the molecule is CN=C(NCCNC(=O)c1ccccc1)NCc1cc(OC)ccc1OC(F)F. The van der Waals surface area contributed by atoms with Crippen molar-refractivity contribution in [2.45, 2.75) is 13.2 Å². The Morgan fingerprint density at radius 3 is 2.45 bits per heavy atom. The highest BCUT2D eigenvalue weighted by molar-refractivity contribution is 5.94. The second kappa shape index (κ2) is 11.5. The van der Waals surface area contributed by atoms with Crippen molar-refractivity contribution in [2.75, 3.05) is 27.2 Å². The molecule has 2 aromatic rings. The van der Waals surface area contributed by atoms with Crippen LogP contribution in [0.2, 0.25) is 0 Å². The van der Waals surface area contributed by atoms with Crippen LogP contribution in [-0.2, 0) is 6.54 Å². The van der Waals surface area contributed by atoms with Crippen molar-refractivity contribution in [3.8, 4) is 11.5 Å². The molecule has 2 aromatic carbocycles. The van der Waals surface area contributed by atoms with Crippen molar-refractivity contribution in [1.82, 2.24) is 16.0 Å². The molecular formula is C20H24F2N4O3. The van der Waals surface area contributed by atoms with Gasteiger partial charge in [-0.1, -0.05) is 18.2 Å². The van der Waals surface area contributed by atoms with E-state index in [0.29, 0.717) is 35.9 Å². The van der Waals surface area contributed by atoms with E-state index in [-0.39, 0.29) is 18.2 Å². The molecule has 0 unspecified atom stereocenters. The maximum absolute atomic E-state index is 12.6. The zero-order valence-electron chi connectivity index (χ0n) is 16.2. The molecule has 156 valence electrons. The number of halogens is 2. The molecule has 0 radical (unpaired) electrons. The highest BCUT2D eigenvalue weighted by atomic mass is 19.3. The number of rotatable bonds is 9. The number of benzene rings is 2. The van der Waals surface area contributed by atoms with E-state index in [2.05, 4.69) is 25.7 Å². The van der Waals surface area contributed by atoms with Gasteiger partial charge in [0.05, 0.1) is 7.11 Å². The van der Waals surface area contributed by atoms with E-state index in [0.717, 1.165) is 0 Å². The Morgan fingerprint density at radius 2 is 1.79 bits per heavy atom. The van der Waals surface area contributed by atoms with Gasteiger partial charge in [-0.25, -0.2) is 0 Å². The average Bonchev–Trinajstić information content (AvgIpc) is 2.74. The van der Waals surface area contributed by atoms with Gasteiger partial charge in [0.1, 0.15) is 11.5 Å². The van der Waals surface area contributed by atoms with E-state index in [1.165, 1.54) is 13.2 Å². The van der Waals surface area contributed by atoms with Crippen LogP contribution in [0.25, 0.3) is 0 Å². The van der Waals surface area contributed by atoms with Crippen LogP contribution in [0.15, 0.2) is 53.5 Å². The number of amides is 1. The number of methoxy groups -OCH3 is 1. The largest absolute Gasteiger partial charge is 0.497 e. The van der Waals surface area contributed by atoms with Crippen LogP contribution in [0.5, 0.6) is 11.5 Å². The molecule has 29 heavy (non-hydrogen) atoms. The van der Waals surface area contributed by atoms with Crippen molar-refractivity contribution in [2.24, 2.45) is 4.99 Å². The maximum Gasteiger partial charge on any atom is 0.387 e. The summed E-state index contributed by atoms with van der Waals surface area (Å²) in [6, 6.07) is 13.5. The summed E-state index contributed by atoms with van der Waals surface area (Å²) in [7, 11) is 3.07. The first-order chi connectivity index (χ1) is 14.0. The molecule has 0 aromatic heterocycles. The molecule has 0 fully saturated rings. The summed E-state index contributed by atoms with van der Waals surface area (Å²) in [6.07, 6.45) is 0. The smallest absolute Gasteiger partial charge is 0.387 e. The van der Waals surface area contributed by atoms with Crippen molar-refractivity contribution in [3.63, 3.8) is 0 Å². The van der Waals surface area contributed by atoms with Crippen molar-refractivity contribution >= 4 is 11.9 Å². The normalized spacial score (nSPS) is 11.1. The van der Waals surface area contributed by atoms with Crippen molar-refractivity contribution in [3.05, 3.63) is 59.7 Å². The molecule has 0 spiro atoms. The highest BCUT2D eigenvalue weighted by Crippen LogP contribution is 2.25. The van der Waals surface area contributed by atoms with E-state index in [1.807, 2.05) is 6.07 Å². The zero-order chi connectivity index (χ0) is 21.1. The predicted octanol–water partition coefficient (Wildman–Crippen LogP) is 2.39. The molecule has 0 saturated heterocycles. The molecule has 3 N–H and O–H groups in total. The van der Waals surface area contributed by atoms with Crippen LogP contribution in [0.4, 0.5) is 8.78 Å². The first kappa shape index (κ1) is 21.9. The van der Waals surface area contributed by atoms with E-state index in [4.69, 9.17) is 4.74 Å². The van der Waals surface area contributed by atoms with Gasteiger partial charge >= 0.3 is 6.61 Å². The summed E-state index contributed by atoms with van der Waals surface area (Å²) in [6.45, 7) is -1.92. The first-order valence-electron chi connectivity index (χ1n) is 8.93. The maximum atomic E-state index is 12.6. The van der Waals surface area contributed by atoms with Gasteiger partial charge < -0.3 is 25.4 Å². The molecule has 7 nitrogen and oxygen atoms in total. The van der Waals surface area contributed by atoms with Gasteiger partial charge in [0.25, 0.3) is 5.91 Å². The average molecular weight is 406 g/mol. The Hall–Kier alpha value is -3.36. The van der Waals surface area contributed by atoms with E-state index in [9.17, 15) is 13.6 Å². The molecule has 0 heterocycles. The molecule has 0 aliphatic heterocycles. The summed E-state index contributed by atoms with van der Waals surface area (Å²) < 4.78 is 34.9. The third-order valence-corrected chi connectivity index (χ3v) is 3.89. The quantitative estimate of drug-likeness (QED) is 0.338. The number of hydrogen-bond acceptors (Lipinski definition) is 4. The number of ether oxygens (including phenoxy) is 2. The van der Waals surface area contributed by atoms with Gasteiger partial charge in [-0.05, 0) is 30.3 Å². The van der Waals surface area contributed by atoms with Gasteiger partial charge in [0.2, 0.25) is 0 Å². The molecule has 1 amide bonds. The lowest BCUT2D eigenvalue weighted by Crippen LogP contribution is -2.41. The van der Waals surface area contributed by atoms with Crippen LogP contribution in [-0.4, -0.2) is 45.7 Å². The molecule has 0 aliphatic carbocycles. The van der Waals surface area contributed by atoms with Crippen LogP contribution in [0.1, 0.15) is 15.9 Å². The summed E-state index contributed by atoms with van der Waals surface area (Å²) in [5.41, 5.74) is 1.07. The monoisotopic (exact) mass is 406 g/mol. The minimum atomic E-state index is -2.92. The summed E-state index contributed by atoms with van der Waals surface area (Å²) in [5.74, 6) is 0.860. The Morgan fingerprint density at radius 1 is 1.07 bits per heavy atom. The summed E-state index contributed by atoms with van der Waals surface area (Å²) in [4.78, 5) is 16.1. The molecule has 0 aliphatic rings. The van der Waals surface area contributed by atoms with Crippen molar-refractivity contribution < 1.29 is 23.0 Å². The number of carbonyl (C=O) groups is 1. The van der Waals surface area contributed by atoms with Crippen LogP contribution >= 0.6 is 0 Å². The van der Waals surface area contributed by atoms with Gasteiger partial charge in [-0.15, -0.1) is 0 Å². The Bertz CT molecular complexity index is 817. The lowest BCUT2D eigenvalue weighted by Gasteiger charge is -2.15. The van der Waals surface area contributed by atoms with Gasteiger partial charge in [0, 0.05) is 37.8 Å². The molecule has 2 rings (SSSR count). The molecular weight excluding hydrogens is 382 g/mol. The van der Waals surface area contributed by atoms with Crippen molar-refractivity contribution in [1.29, 1.82) is 0 Å². The Kier molecular flexibility index (Phi) is 8.68. The lowest BCUT2D eigenvalue weighted by molar-refractivity contribution is -0.0505. The number of hydrogen-bond donors (Lipinski definition) is 3. The van der Waals surface area contributed by atoms with Gasteiger partial charge in [-0.3, -0.25) is 9.79 Å². The van der Waals surface area contributed by atoms with Gasteiger partial charge in [0.15, 0.2) is 5.96 Å². The minimum absolute atomic E-state index is 0.0545. The predicted molar refractivity (Wildman–Crippen MR) is 107 cm³/mol. The summed E-state index contributed by atoms with van der Waals surface area (Å²) in [5, 5.41) is 8.85. The fourth-order valence-corrected chi connectivity index (χ4v) is 2.48. The Balaban J connectivity index is 1.83. The highest BCUT2D eigenvalue weighted by Gasteiger charge is 2.11. The summed E-state index contributed by atoms with van der Waals surface area (Å²) >= 11 is 0. The molecule has 0 atom stereocenters. The molecule has 9 heteroatoms. The number of carbonyl (C=O) groups excluding carboxylic acids is 1. The minimum Gasteiger partial charge on any atom is -0.497 e. The van der Waals surface area contributed by atoms with E-state index >= 15 is 0 Å². The molecule has 0 bridgehead atoms. The van der Waals surface area contributed by atoms with Crippen LogP contribution in [0.3, 0.4) is 0 Å². The number of aliphatic imine (C=N–C) groups is 1. The number of alkyl halides is 2. The van der Waals surface area contributed by atoms with Crippen LogP contribution < -0.4 is 25.4 Å². The zero-order valence-corrected chi connectivity index (χ0v) is 16.2. The fourth-order valence-electron chi connectivity index (χ4n) is 2.48. The Labute approximate surface area is 168 Å². The second-order valence-corrected chi connectivity index (χ2v) is 5.83.